The molecule has 0 saturated heterocycles. The molecule has 0 unspecified atom stereocenters. The van der Waals surface area contributed by atoms with Crippen molar-refractivity contribution in [3.8, 4) is 11.5 Å². The van der Waals surface area contributed by atoms with Crippen molar-refractivity contribution in [2.75, 3.05) is 7.11 Å². The number of benzene rings is 3. The Hall–Kier alpha value is -3.93. The standard InChI is InChI=1S/C22H18N2O4/c1-27-19-13-11-17(12-14-19)22(26)28-20-10-6-5-9-18(20)15-23-24-21(25)16-7-3-2-4-8-16/h2-15H,1H3,(H,24,25)/b23-15+. The molecule has 0 saturated carbocycles. The summed E-state index contributed by atoms with van der Waals surface area (Å²) in [5.41, 5.74) is 3.89. The van der Waals surface area contributed by atoms with Crippen molar-refractivity contribution in [3.63, 3.8) is 0 Å². The molecular weight excluding hydrogens is 356 g/mol. The summed E-state index contributed by atoms with van der Waals surface area (Å²) >= 11 is 0. The van der Waals surface area contributed by atoms with Gasteiger partial charge < -0.3 is 9.47 Å². The van der Waals surface area contributed by atoms with E-state index in [9.17, 15) is 9.59 Å². The summed E-state index contributed by atoms with van der Waals surface area (Å²) in [5, 5.41) is 3.95. The minimum Gasteiger partial charge on any atom is -0.497 e. The summed E-state index contributed by atoms with van der Waals surface area (Å²) in [6.45, 7) is 0. The topological polar surface area (TPSA) is 77.0 Å². The van der Waals surface area contributed by atoms with Gasteiger partial charge >= 0.3 is 5.97 Å². The Morgan fingerprint density at radius 2 is 1.54 bits per heavy atom. The third kappa shape index (κ3) is 4.82. The van der Waals surface area contributed by atoms with E-state index in [1.165, 1.54) is 6.21 Å². The SMILES string of the molecule is COc1ccc(C(=O)Oc2ccccc2/C=N/NC(=O)c2ccccc2)cc1. The maximum atomic E-state index is 12.4. The van der Waals surface area contributed by atoms with Crippen molar-refractivity contribution in [1.29, 1.82) is 0 Å². The largest absolute Gasteiger partial charge is 0.497 e. The summed E-state index contributed by atoms with van der Waals surface area (Å²) in [6, 6.07) is 22.3. The summed E-state index contributed by atoms with van der Waals surface area (Å²) in [5.74, 6) is 0.153. The molecule has 0 aromatic heterocycles. The maximum Gasteiger partial charge on any atom is 0.343 e. The van der Waals surface area contributed by atoms with E-state index in [-0.39, 0.29) is 5.91 Å². The van der Waals surface area contributed by atoms with E-state index >= 15 is 0 Å². The average Bonchev–Trinajstić information content (AvgIpc) is 2.75. The van der Waals surface area contributed by atoms with Crippen LogP contribution in [0.1, 0.15) is 26.3 Å². The van der Waals surface area contributed by atoms with Crippen molar-refractivity contribution >= 4 is 18.1 Å². The van der Waals surface area contributed by atoms with E-state index < -0.39 is 5.97 Å². The van der Waals surface area contributed by atoms with Crippen LogP contribution in [0, 0.1) is 0 Å². The highest BCUT2D eigenvalue weighted by molar-refractivity contribution is 5.96. The molecule has 0 aliphatic carbocycles. The lowest BCUT2D eigenvalue weighted by atomic mass is 10.2. The van der Waals surface area contributed by atoms with Gasteiger partial charge in [0.2, 0.25) is 0 Å². The number of amides is 1. The molecule has 3 aromatic rings. The zero-order chi connectivity index (χ0) is 19.8. The molecule has 6 heteroatoms. The van der Waals surface area contributed by atoms with Gasteiger partial charge in [0.1, 0.15) is 11.5 Å². The predicted molar refractivity (Wildman–Crippen MR) is 106 cm³/mol. The molecule has 0 aliphatic rings. The lowest BCUT2D eigenvalue weighted by Crippen LogP contribution is -2.17. The van der Waals surface area contributed by atoms with Crippen LogP contribution in [0.3, 0.4) is 0 Å². The molecule has 0 atom stereocenters. The Bertz CT molecular complexity index is 983. The molecule has 3 rings (SSSR count). The fourth-order valence-electron chi connectivity index (χ4n) is 2.38. The van der Waals surface area contributed by atoms with Crippen LogP contribution < -0.4 is 14.9 Å². The minimum absolute atomic E-state index is 0.329. The molecule has 1 amide bonds. The molecule has 0 aliphatic heterocycles. The highest BCUT2D eigenvalue weighted by Gasteiger charge is 2.11. The molecule has 140 valence electrons. The van der Waals surface area contributed by atoms with Crippen LogP contribution in [0.15, 0.2) is 84.0 Å². The predicted octanol–water partition coefficient (Wildman–Crippen LogP) is 3.68. The van der Waals surface area contributed by atoms with Gasteiger partial charge in [-0.05, 0) is 48.5 Å². The Kier molecular flexibility index (Phi) is 6.15. The van der Waals surface area contributed by atoms with Crippen molar-refractivity contribution in [3.05, 3.63) is 95.6 Å². The van der Waals surface area contributed by atoms with E-state index in [0.717, 1.165) is 0 Å². The normalized spacial score (nSPS) is 10.5. The number of ether oxygens (including phenoxy) is 2. The number of hydrazone groups is 1. The van der Waals surface area contributed by atoms with Gasteiger partial charge in [-0.3, -0.25) is 4.79 Å². The molecular formula is C22H18N2O4. The van der Waals surface area contributed by atoms with E-state index in [1.807, 2.05) is 6.07 Å². The van der Waals surface area contributed by atoms with Crippen LogP contribution in [-0.4, -0.2) is 25.2 Å². The number of esters is 1. The van der Waals surface area contributed by atoms with Gasteiger partial charge in [-0.25, -0.2) is 10.2 Å². The summed E-state index contributed by atoms with van der Waals surface area (Å²) in [6.07, 6.45) is 1.43. The molecule has 6 nitrogen and oxygen atoms in total. The Morgan fingerprint density at radius 3 is 2.25 bits per heavy atom. The van der Waals surface area contributed by atoms with Crippen molar-refractivity contribution in [1.82, 2.24) is 5.43 Å². The summed E-state index contributed by atoms with van der Waals surface area (Å²) in [7, 11) is 1.56. The number of hydrogen-bond donors (Lipinski definition) is 1. The van der Waals surface area contributed by atoms with Crippen LogP contribution in [0.4, 0.5) is 0 Å². The first-order chi connectivity index (χ1) is 13.7. The second kappa shape index (κ2) is 9.14. The lowest BCUT2D eigenvalue weighted by molar-refractivity contribution is 0.0734. The molecule has 28 heavy (non-hydrogen) atoms. The number of carbonyl (C=O) groups is 2. The lowest BCUT2D eigenvalue weighted by Gasteiger charge is -2.08. The van der Waals surface area contributed by atoms with Crippen LogP contribution in [0.2, 0.25) is 0 Å². The van der Waals surface area contributed by atoms with Crippen molar-refractivity contribution in [2.24, 2.45) is 5.10 Å². The Balaban J connectivity index is 1.68. The average molecular weight is 374 g/mol. The monoisotopic (exact) mass is 374 g/mol. The molecule has 0 fully saturated rings. The Morgan fingerprint density at radius 1 is 0.857 bits per heavy atom. The summed E-state index contributed by atoms with van der Waals surface area (Å²) in [4.78, 5) is 24.4. The Labute approximate surface area is 162 Å². The van der Waals surface area contributed by atoms with Gasteiger partial charge in [-0.2, -0.15) is 5.10 Å². The number of nitrogens with one attached hydrogen (secondary N) is 1. The second-order valence-corrected chi connectivity index (χ2v) is 5.72. The smallest absolute Gasteiger partial charge is 0.343 e. The molecule has 0 heterocycles. The minimum atomic E-state index is -0.503. The number of para-hydroxylation sites is 1. The molecule has 3 aromatic carbocycles. The zero-order valence-electron chi connectivity index (χ0n) is 15.2. The first-order valence-electron chi connectivity index (χ1n) is 8.51. The zero-order valence-corrected chi connectivity index (χ0v) is 15.2. The molecule has 0 radical (unpaired) electrons. The van der Waals surface area contributed by atoms with Crippen molar-refractivity contribution < 1.29 is 19.1 Å². The van der Waals surface area contributed by atoms with E-state index in [2.05, 4.69) is 10.5 Å². The number of carbonyl (C=O) groups excluding carboxylic acids is 2. The van der Waals surface area contributed by atoms with Gasteiger partial charge in [-0.1, -0.05) is 30.3 Å². The first kappa shape index (κ1) is 18.8. The first-order valence-corrected chi connectivity index (χ1v) is 8.51. The van der Waals surface area contributed by atoms with Gasteiger partial charge in [0.15, 0.2) is 0 Å². The van der Waals surface area contributed by atoms with Gasteiger partial charge in [-0.15, -0.1) is 0 Å². The number of rotatable bonds is 6. The second-order valence-electron chi connectivity index (χ2n) is 5.72. The third-order valence-corrected chi connectivity index (χ3v) is 3.85. The van der Waals surface area contributed by atoms with Gasteiger partial charge in [0.25, 0.3) is 5.91 Å². The highest BCUT2D eigenvalue weighted by atomic mass is 16.5. The van der Waals surface area contributed by atoms with E-state index in [1.54, 1.807) is 79.9 Å². The molecule has 0 spiro atoms. The van der Waals surface area contributed by atoms with Crippen LogP contribution in [-0.2, 0) is 0 Å². The maximum absolute atomic E-state index is 12.4. The summed E-state index contributed by atoms with van der Waals surface area (Å²) < 4.78 is 10.5. The fraction of sp³-hybridized carbons (Fsp3) is 0.0455. The van der Waals surface area contributed by atoms with E-state index in [4.69, 9.17) is 9.47 Å². The third-order valence-electron chi connectivity index (χ3n) is 3.85. The van der Waals surface area contributed by atoms with Crippen LogP contribution in [0.25, 0.3) is 0 Å². The number of methoxy groups -OCH3 is 1. The van der Waals surface area contributed by atoms with Crippen molar-refractivity contribution in [2.45, 2.75) is 0 Å². The van der Waals surface area contributed by atoms with Gasteiger partial charge in [0.05, 0.1) is 18.9 Å². The van der Waals surface area contributed by atoms with Crippen LogP contribution >= 0.6 is 0 Å². The number of nitrogens with zero attached hydrogens (tertiary/aromatic N) is 1. The quantitative estimate of drug-likeness (QED) is 0.309. The molecule has 1 N–H and O–H groups in total. The van der Waals surface area contributed by atoms with Gasteiger partial charge in [0, 0.05) is 11.1 Å². The molecule has 0 bridgehead atoms. The van der Waals surface area contributed by atoms with Crippen LogP contribution in [0.5, 0.6) is 11.5 Å². The number of hydrogen-bond acceptors (Lipinski definition) is 5. The highest BCUT2D eigenvalue weighted by Crippen LogP contribution is 2.19. The fourth-order valence-corrected chi connectivity index (χ4v) is 2.38. The van der Waals surface area contributed by atoms with E-state index in [0.29, 0.717) is 28.2 Å².